The lowest BCUT2D eigenvalue weighted by Gasteiger charge is -2.09. The van der Waals surface area contributed by atoms with E-state index in [2.05, 4.69) is 6.92 Å². The van der Waals surface area contributed by atoms with Crippen molar-refractivity contribution >= 4 is 0 Å². The summed E-state index contributed by atoms with van der Waals surface area (Å²) in [5, 5.41) is 0. The molecular weight excluding hydrogens is 712 g/mol. The Morgan fingerprint density at radius 3 is 0.527 bits per heavy atom. The maximum Gasteiger partial charge on any atom is 0.0701 e. The van der Waals surface area contributed by atoms with Gasteiger partial charge in [-0.2, -0.15) is 0 Å². The number of rotatable bonds is 52. The first kappa shape index (κ1) is 54.5. The molecule has 332 valence electrons. The average molecular weight is 799 g/mol. The zero-order valence-electron chi connectivity index (χ0n) is 35.6. The van der Waals surface area contributed by atoms with Crippen molar-refractivity contribution in [3.8, 4) is 0 Å². The van der Waals surface area contributed by atoms with Crippen molar-refractivity contribution < 1.29 is 61.6 Å². The summed E-state index contributed by atoms with van der Waals surface area (Å²) in [5.74, 6) is 0. The Balaban J connectivity index is 3.05. The molecule has 0 aromatic rings. The van der Waals surface area contributed by atoms with Gasteiger partial charge in [-0.25, -0.2) is 0 Å². The Morgan fingerprint density at radius 2 is 0.327 bits per heavy atom. The van der Waals surface area contributed by atoms with Gasteiger partial charge in [-0.05, 0) is 13.3 Å². The fourth-order valence-corrected chi connectivity index (χ4v) is 5.18. The van der Waals surface area contributed by atoms with Crippen LogP contribution in [0.3, 0.4) is 0 Å². The molecule has 0 saturated heterocycles. The van der Waals surface area contributed by atoms with Gasteiger partial charge in [0.1, 0.15) is 0 Å². The first-order valence-electron chi connectivity index (χ1n) is 21.9. The van der Waals surface area contributed by atoms with Gasteiger partial charge in [0.05, 0.1) is 159 Å². The van der Waals surface area contributed by atoms with Gasteiger partial charge >= 0.3 is 0 Å². The smallest absolute Gasteiger partial charge is 0.0701 e. The van der Waals surface area contributed by atoms with E-state index in [4.69, 9.17) is 61.6 Å². The lowest BCUT2D eigenvalue weighted by Crippen LogP contribution is -2.15. The molecule has 13 nitrogen and oxygen atoms in total. The Bertz CT molecular complexity index is 599. The van der Waals surface area contributed by atoms with E-state index in [1.807, 2.05) is 6.92 Å². The number of ether oxygens (including phenoxy) is 13. The maximum absolute atomic E-state index is 5.69. The zero-order valence-corrected chi connectivity index (χ0v) is 35.6. The summed E-state index contributed by atoms with van der Waals surface area (Å²) >= 11 is 0. The standard InChI is InChI=1S/C42H86O13/c1-3-5-6-7-8-9-10-11-12-13-14-15-16-17-18-44-21-22-46-25-26-48-29-30-50-33-34-52-37-38-54-41-42-55-40-39-53-36-35-51-32-31-49-28-27-47-24-23-45-20-19-43-4-2/h3-42H2,1-2H3. The van der Waals surface area contributed by atoms with Crippen LogP contribution in [-0.4, -0.2) is 172 Å². The summed E-state index contributed by atoms with van der Waals surface area (Å²) in [4.78, 5) is 0. The fourth-order valence-electron chi connectivity index (χ4n) is 5.18. The van der Waals surface area contributed by atoms with Crippen molar-refractivity contribution in [1.29, 1.82) is 0 Å². The van der Waals surface area contributed by atoms with Gasteiger partial charge in [-0.15, -0.1) is 0 Å². The van der Waals surface area contributed by atoms with Crippen molar-refractivity contribution in [2.45, 2.75) is 104 Å². The molecule has 0 N–H and O–H groups in total. The Hall–Kier alpha value is -0.520. The van der Waals surface area contributed by atoms with Crippen molar-refractivity contribution in [2.24, 2.45) is 0 Å². The van der Waals surface area contributed by atoms with Crippen LogP contribution in [0, 0.1) is 0 Å². The van der Waals surface area contributed by atoms with Crippen LogP contribution < -0.4 is 0 Å². The highest BCUT2D eigenvalue weighted by atomic mass is 16.6. The minimum atomic E-state index is 0.517. The molecule has 0 aromatic heterocycles. The molecule has 0 bridgehead atoms. The molecule has 55 heavy (non-hydrogen) atoms. The lowest BCUT2D eigenvalue weighted by atomic mass is 10.0. The topological polar surface area (TPSA) is 120 Å². The van der Waals surface area contributed by atoms with E-state index in [0.29, 0.717) is 165 Å². The minimum Gasteiger partial charge on any atom is -0.379 e. The highest BCUT2D eigenvalue weighted by molar-refractivity contribution is 4.49. The second-order valence-corrected chi connectivity index (χ2v) is 13.1. The molecule has 13 heteroatoms. The van der Waals surface area contributed by atoms with Gasteiger partial charge in [0.25, 0.3) is 0 Å². The Labute approximate surface area is 336 Å². The second-order valence-electron chi connectivity index (χ2n) is 13.1. The third-order valence-electron chi connectivity index (χ3n) is 8.31. The van der Waals surface area contributed by atoms with Crippen molar-refractivity contribution in [3.05, 3.63) is 0 Å². The molecule has 0 rings (SSSR count). The summed E-state index contributed by atoms with van der Waals surface area (Å²) in [7, 11) is 0. The van der Waals surface area contributed by atoms with Crippen LogP contribution in [0.4, 0.5) is 0 Å². The number of hydrogen-bond acceptors (Lipinski definition) is 13. The highest BCUT2D eigenvalue weighted by Crippen LogP contribution is 2.13. The lowest BCUT2D eigenvalue weighted by molar-refractivity contribution is -0.0289. The molecule has 0 radical (unpaired) electrons. The minimum absolute atomic E-state index is 0.517. The van der Waals surface area contributed by atoms with Crippen LogP contribution in [-0.2, 0) is 61.6 Å². The van der Waals surface area contributed by atoms with E-state index in [1.54, 1.807) is 0 Å². The van der Waals surface area contributed by atoms with E-state index >= 15 is 0 Å². The molecule has 0 aliphatic rings. The third-order valence-corrected chi connectivity index (χ3v) is 8.31. The predicted molar refractivity (Wildman–Crippen MR) is 217 cm³/mol. The molecule has 0 aliphatic carbocycles. The van der Waals surface area contributed by atoms with Gasteiger partial charge < -0.3 is 61.6 Å². The van der Waals surface area contributed by atoms with Crippen molar-refractivity contribution in [1.82, 2.24) is 0 Å². The van der Waals surface area contributed by atoms with Gasteiger partial charge in [0.15, 0.2) is 0 Å². The second kappa shape index (κ2) is 53.5. The van der Waals surface area contributed by atoms with Crippen LogP contribution in [0.15, 0.2) is 0 Å². The Morgan fingerprint density at radius 1 is 0.164 bits per heavy atom. The first-order valence-corrected chi connectivity index (χ1v) is 21.9. The summed E-state index contributed by atoms with van der Waals surface area (Å²) in [6.45, 7) is 18.9. The molecule has 0 saturated carbocycles. The fraction of sp³-hybridized carbons (Fsp3) is 1.00. The Kier molecular flexibility index (Phi) is 53.0. The van der Waals surface area contributed by atoms with E-state index in [0.717, 1.165) is 13.0 Å². The molecule has 0 aromatic carbocycles. The molecule has 0 spiro atoms. The molecule has 0 atom stereocenters. The summed E-state index contributed by atoms with van der Waals surface area (Å²) in [6.07, 6.45) is 19.3. The van der Waals surface area contributed by atoms with Crippen molar-refractivity contribution in [3.63, 3.8) is 0 Å². The molecule has 0 heterocycles. The van der Waals surface area contributed by atoms with Crippen LogP contribution in [0.5, 0.6) is 0 Å². The van der Waals surface area contributed by atoms with E-state index in [1.165, 1.54) is 83.5 Å². The average Bonchev–Trinajstić information content (AvgIpc) is 3.20. The highest BCUT2D eigenvalue weighted by Gasteiger charge is 1.98. The quantitative estimate of drug-likeness (QED) is 0.0608. The van der Waals surface area contributed by atoms with Gasteiger partial charge in [-0.1, -0.05) is 90.4 Å². The first-order chi connectivity index (χ1) is 27.4. The summed E-state index contributed by atoms with van der Waals surface area (Å²) in [6, 6.07) is 0. The van der Waals surface area contributed by atoms with E-state index < -0.39 is 0 Å². The van der Waals surface area contributed by atoms with E-state index in [-0.39, 0.29) is 0 Å². The molecule has 0 aliphatic heterocycles. The number of unbranched alkanes of at least 4 members (excludes halogenated alkanes) is 13. The van der Waals surface area contributed by atoms with Crippen LogP contribution in [0.2, 0.25) is 0 Å². The molecule has 0 amide bonds. The van der Waals surface area contributed by atoms with Gasteiger partial charge in [-0.3, -0.25) is 0 Å². The monoisotopic (exact) mass is 799 g/mol. The number of hydrogen-bond donors (Lipinski definition) is 0. The van der Waals surface area contributed by atoms with Crippen LogP contribution >= 0.6 is 0 Å². The molecule has 0 unspecified atom stereocenters. The molecular formula is C42H86O13. The largest absolute Gasteiger partial charge is 0.379 e. The SMILES string of the molecule is CCCCCCCCCCCCCCCCOCCOCCOCCOCCOCCOCCOCCOCCOCCOCCOCCOCCOCC. The summed E-state index contributed by atoms with van der Waals surface area (Å²) in [5.41, 5.74) is 0. The predicted octanol–water partition coefficient (Wildman–Crippen LogP) is 6.70. The molecule has 0 fully saturated rings. The van der Waals surface area contributed by atoms with E-state index in [9.17, 15) is 0 Å². The maximum atomic E-state index is 5.69. The normalized spacial score (nSPS) is 11.7. The third kappa shape index (κ3) is 53.5. The summed E-state index contributed by atoms with van der Waals surface area (Å²) < 4.78 is 71.3. The zero-order chi connectivity index (χ0) is 39.5. The van der Waals surface area contributed by atoms with Gasteiger partial charge in [0.2, 0.25) is 0 Å². The van der Waals surface area contributed by atoms with Gasteiger partial charge in [0, 0.05) is 13.2 Å². The van der Waals surface area contributed by atoms with Crippen LogP contribution in [0.25, 0.3) is 0 Å². The van der Waals surface area contributed by atoms with Crippen LogP contribution in [0.1, 0.15) is 104 Å². The van der Waals surface area contributed by atoms with Crippen molar-refractivity contribution in [2.75, 3.05) is 172 Å².